The molecule has 1 saturated heterocycles. The van der Waals surface area contributed by atoms with Gasteiger partial charge in [-0.05, 0) is 42.2 Å². The normalized spacial score (nSPS) is 20.9. The van der Waals surface area contributed by atoms with E-state index in [0.29, 0.717) is 18.7 Å². The standard InChI is InChI=1S/C20H24N2O2/c1-14-6-3-4-9-17(14)15-7-5-8-16(12-15)20(23)22-11-10-18(21)19(13-22)24-2/h3-9,12,18-19H,10-11,13,21H2,1-2H3/t18-,19+/m1/s1. The molecule has 2 N–H and O–H groups in total. The molecule has 2 aromatic rings. The fraction of sp³-hybridized carbons (Fsp3) is 0.350. The zero-order chi connectivity index (χ0) is 17.1. The van der Waals surface area contributed by atoms with Crippen LogP contribution in [0.25, 0.3) is 11.1 Å². The number of amides is 1. The van der Waals surface area contributed by atoms with Crippen LogP contribution in [-0.2, 0) is 4.74 Å². The van der Waals surface area contributed by atoms with Gasteiger partial charge < -0.3 is 15.4 Å². The van der Waals surface area contributed by atoms with E-state index in [4.69, 9.17) is 10.5 Å². The molecule has 1 aliphatic rings. The first-order valence-electron chi connectivity index (χ1n) is 8.34. The molecule has 1 fully saturated rings. The second-order valence-electron chi connectivity index (χ2n) is 6.37. The summed E-state index contributed by atoms with van der Waals surface area (Å²) >= 11 is 0. The molecule has 1 heterocycles. The summed E-state index contributed by atoms with van der Waals surface area (Å²) in [5.41, 5.74) is 10.2. The number of likely N-dealkylation sites (tertiary alicyclic amines) is 1. The highest BCUT2D eigenvalue weighted by Gasteiger charge is 2.29. The molecule has 2 atom stereocenters. The van der Waals surface area contributed by atoms with E-state index >= 15 is 0 Å². The van der Waals surface area contributed by atoms with Crippen molar-refractivity contribution in [3.63, 3.8) is 0 Å². The molecule has 0 unspecified atom stereocenters. The van der Waals surface area contributed by atoms with Crippen LogP contribution < -0.4 is 5.73 Å². The third kappa shape index (κ3) is 3.35. The van der Waals surface area contributed by atoms with Gasteiger partial charge in [0.1, 0.15) is 0 Å². The van der Waals surface area contributed by atoms with Crippen molar-refractivity contribution in [1.29, 1.82) is 0 Å². The quantitative estimate of drug-likeness (QED) is 0.944. The van der Waals surface area contributed by atoms with Crippen LogP contribution in [0, 0.1) is 6.92 Å². The summed E-state index contributed by atoms with van der Waals surface area (Å²) in [5.74, 6) is 0.0411. The molecule has 0 spiro atoms. The Labute approximate surface area is 143 Å². The van der Waals surface area contributed by atoms with Gasteiger partial charge in [-0.1, -0.05) is 36.4 Å². The fourth-order valence-corrected chi connectivity index (χ4v) is 3.27. The average Bonchev–Trinajstić information content (AvgIpc) is 2.62. The molecule has 2 aromatic carbocycles. The minimum absolute atomic E-state index is 0.00245. The van der Waals surface area contributed by atoms with E-state index in [-0.39, 0.29) is 18.1 Å². The summed E-state index contributed by atoms with van der Waals surface area (Å²) in [6.07, 6.45) is 0.670. The first-order valence-corrected chi connectivity index (χ1v) is 8.34. The Hall–Kier alpha value is -2.17. The Morgan fingerprint density at radius 1 is 1.21 bits per heavy atom. The summed E-state index contributed by atoms with van der Waals surface area (Å²) in [4.78, 5) is 14.7. The molecular weight excluding hydrogens is 300 g/mol. The Bertz CT molecular complexity index is 729. The minimum Gasteiger partial charge on any atom is -0.378 e. The van der Waals surface area contributed by atoms with E-state index in [1.165, 1.54) is 5.56 Å². The van der Waals surface area contributed by atoms with Crippen LogP contribution >= 0.6 is 0 Å². The van der Waals surface area contributed by atoms with Crippen LogP contribution in [0.2, 0.25) is 0 Å². The highest BCUT2D eigenvalue weighted by molar-refractivity contribution is 5.95. The van der Waals surface area contributed by atoms with E-state index in [1.807, 2.05) is 41.3 Å². The molecule has 0 aliphatic carbocycles. The number of benzene rings is 2. The van der Waals surface area contributed by atoms with Gasteiger partial charge in [-0.15, -0.1) is 0 Å². The Kier molecular flexibility index (Phi) is 4.97. The molecule has 0 saturated carbocycles. The number of nitrogens with zero attached hydrogens (tertiary/aromatic N) is 1. The predicted octanol–water partition coefficient (Wildman–Crippen LogP) is 2.85. The van der Waals surface area contributed by atoms with Gasteiger partial charge in [0, 0.05) is 31.8 Å². The van der Waals surface area contributed by atoms with Crippen LogP contribution in [0.1, 0.15) is 22.3 Å². The van der Waals surface area contributed by atoms with E-state index in [9.17, 15) is 4.79 Å². The summed E-state index contributed by atoms with van der Waals surface area (Å²) in [5, 5.41) is 0. The number of methoxy groups -OCH3 is 1. The molecule has 1 aliphatic heterocycles. The number of hydrogen-bond acceptors (Lipinski definition) is 3. The van der Waals surface area contributed by atoms with Gasteiger partial charge in [0.25, 0.3) is 5.91 Å². The highest BCUT2D eigenvalue weighted by atomic mass is 16.5. The number of aryl methyl sites for hydroxylation is 1. The number of piperidine rings is 1. The first-order chi connectivity index (χ1) is 11.6. The van der Waals surface area contributed by atoms with Crippen LogP contribution in [0.5, 0.6) is 0 Å². The summed E-state index contributed by atoms with van der Waals surface area (Å²) in [6.45, 7) is 3.30. The number of carbonyl (C=O) groups excluding carboxylic acids is 1. The maximum atomic E-state index is 12.9. The van der Waals surface area contributed by atoms with E-state index in [2.05, 4.69) is 19.1 Å². The van der Waals surface area contributed by atoms with Crippen molar-refractivity contribution in [2.75, 3.05) is 20.2 Å². The maximum Gasteiger partial charge on any atom is 0.253 e. The van der Waals surface area contributed by atoms with Crippen LogP contribution in [0.15, 0.2) is 48.5 Å². The number of hydrogen-bond donors (Lipinski definition) is 1. The van der Waals surface area contributed by atoms with Gasteiger partial charge >= 0.3 is 0 Å². The lowest BCUT2D eigenvalue weighted by atomic mass is 9.97. The summed E-state index contributed by atoms with van der Waals surface area (Å²) in [7, 11) is 1.65. The van der Waals surface area contributed by atoms with Crippen molar-refractivity contribution in [3.8, 4) is 11.1 Å². The van der Waals surface area contributed by atoms with Gasteiger partial charge in [0.15, 0.2) is 0 Å². The lowest BCUT2D eigenvalue weighted by Crippen LogP contribution is -2.53. The molecule has 24 heavy (non-hydrogen) atoms. The SMILES string of the molecule is CO[C@H]1CN(C(=O)c2cccc(-c3ccccc3C)c2)CC[C@H]1N. The minimum atomic E-state index is -0.0951. The topological polar surface area (TPSA) is 55.6 Å². The van der Waals surface area contributed by atoms with Gasteiger partial charge in [-0.25, -0.2) is 0 Å². The number of ether oxygens (including phenoxy) is 1. The molecule has 1 amide bonds. The molecule has 4 heteroatoms. The average molecular weight is 324 g/mol. The maximum absolute atomic E-state index is 12.9. The number of carbonyl (C=O) groups is 1. The van der Waals surface area contributed by atoms with Crippen LogP contribution in [0.3, 0.4) is 0 Å². The summed E-state index contributed by atoms with van der Waals surface area (Å²) in [6, 6.07) is 16.0. The van der Waals surface area contributed by atoms with Gasteiger partial charge in [-0.3, -0.25) is 4.79 Å². The Morgan fingerprint density at radius 3 is 2.75 bits per heavy atom. The molecular formula is C20H24N2O2. The molecule has 126 valence electrons. The van der Waals surface area contributed by atoms with Crippen molar-refractivity contribution in [1.82, 2.24) is 4.90 Å². The second kappa shape index (κ2) is 7.16. The Balaban J connectivity index is 1.84. The van der Waals surface area contributed by atoms with Crippen LogP contribution in [-0.4, -0.2) is 43.2 Å². The first kappa shape index (κ1) is 16.7. The molecule has 0 aromatic heterocycles. The summed E-state index contributed by atoms with van der Waals surface area (Å²) < 4.78 is 5.41. The van der Waals surface area contributed by atoms with Crippen molar-refractivity contribution >= 4 is 5.91 Å². The van der Waals surface area contributed by atoms with Crippen molar-refractivity contribution in [3.05, 3.63) is 59.7 Å². The predicted molar refractivity (Wildman–Crippen MR) is 95.9 cm³/mol. The molecule has 4 nitrogen and oxygen atoms in total. The third-order valence-electron chi connectivity index (χ3n) is 4.77. The molecule has 3 rings (SSSR count). The second-order valence-corrected chi connectivity index (χ2v) is 6.37. The molecule has 0 bridgehead atoms. The number of rotatable bonds is 3. The zero-order valence-corrected chi connectivity index (χ0v) is 14.2. The monoisotopic (exact) mass is 324 g/mol. The van der Waals surface area contributed by atoms with E-state index in [1.54, 1.807) is 7.11 Å². The smallest absolute Gasteiger partial charge is 0.253 e. The largest absolute Gasteiger partial charge is 0.378 e. The van der Waals surface area contributed by atoms with Crippen LogP contribution in [0.4, 0.5) is 0 Å². The van der Waals surface area contributed by atoms with Crippen molar-refractivity contribution < 1.29 is 9.53 Å². The highest BCUT2D eigenvalue weighted by Crippen LogP contribution is 2.25. The lowest BCUT2D eigenvalue weighted by Gasteiger charge is -2.36. The Morgan fingerprint density at radius 2 is 2.00 bits per heavy atom. The van der Waals surface area contributed by atoms with Gasteiger partial charge in [0.05, 0.1) is 6.10 Å². The lowest BCUT2D eigenvalue weighted by molar-refractivity contribution is 0.0162. The van der Waals surface area contributed by atoms with Crippen molar-refractivity contribution in [2.24, 2.45) is 5.73 Å². The van der Waals surface area contributed by atoms with E-state index < -0.39 is 0 Å². The number of nitrogens with two attached hydrogens (primary N) is 1. The van der Waals surface area contributed by atoms with Gasteiger partial charge in [-0.2, -0.15) is 0 Å². The third-order valence-corrected chi connectivity index (χ3v) is 4.77. The van der Waals surface area contributed by atoms with Gasteiger partial charge in [0.2, 0.25) is 0 Å². The molecule has 0 radical (unpaired) electrons. The fourth-order valence-electron chi connectivity index (χ4n) is 3.27. The van der Waals surface area contributed by atoms with Crippen molar-refractivity contribution in [2.45, 2.75) is 25.5 Å². The zero-order valence-electron chi connectivity index (χ0n) is 14.2. The van der Waals surface area contributed by atoms with E-state index in [0.717, 1.165) is 17.5 Å².